The molecule has 1 unspecified atom stereocenters. The molecule has 132 valence electrons. The van der Waals surface area contributed by atoms with E-state index >= 15 is 0 Å². The number of aliphatic hydroxyl groups excluding tert-OH is 1. The minimum Gasteiger partial charge on any atom is -0.491 e. The number of halogens is 1. The SMILES string of the molecule is O=C(Cc1ccc(F)cc1)NCC(O)COc1ccc2c(c1)OCO2. The van der Waals surface area contributed by atoms with Crippen LogP contribution in [0.1, 0.15) is 5.56 Å². The van der Waals surface area contributed by atoms with Crippen molar-refractivity contribution in [3.05, 3.63) is 53.8 Å². The van der Waals surface area contributed by atoms with Crippen LogP contribution in [-0.4, -0.2) is 37.1 Å². The van der Waals surface area contributed by atoms with E-state index in [0.29, 0.717) is 22.8 Å². The number of nitrogens with one attached hydrogen (secondary N) is 1. The Morgan fingerprint density at radius 3 is 2.76 bits per heavy atom. The lowest BCUT2D eigenvalue weighted by Gasteiger charge is -2.13. The number of benzene rings is 2. The standard InChI is InChI=1S/C18H18FNO5/c19-13-3-1-12(2-4-13)7-18(22)20-9-14(21)10-23-15-5-6-16-17(8-15)25-11-24-16/h1-6,8,14,21H,7,9-11H2,(H,20,22). The quantitative estimate of drug-likeness (QED) is 0.796. The van der Waals surface area contributed by atoms with Crippen molar-refractivity contribution in [1.82, 2.24) is 5.32 Å². The highest BCUT2D eigenvalue weighted by molar-refractivity contribution is 5.78. The molecule has 2 N–H and O–H groups in total. The number of carbonyl (C=O) groups excluding carboxylic acids is 1. The first-order valence-corrected chi connectivity index (χ1v) is 7.82. The zero-order valence-corrected chi connectivity index (χ0v) is 13.4. The van der Waals surface area contributed by atoms with Crippen LogP contribution >= 0.6 is 0 Å². The van der Waals surface area contributed by atoms with Crippen molar-refractivity contribution in [2.24, 2.45) is 0 Å². The van der Waals surface area contributed by atoms with Crippen molar-refractivity contribution in [3.63, 3.8) is 0 Å². The van der Waals surface area contributed by atoms with Crippen molar-refractivity contribution in [2.75, 3.05) is 19.9 Å². The molecule has 1 aliphatic heterocycles. The monoisotopic (exact) mass is 347 g/mol. The van der Waals surface area contributed by atoms with Crippen LogP contribution in [0.2, 0.25) is 0 Å². The van der Waals surface area contributed by atoms with Crippen LogP contribution in [0.15, 0.2) is 42.5 Å². The Hall–Kier alpha value is -2.80. The van der Waals surface area contributed by atoms with Gasteiger partial charge < -0.3 is 24.6 Å². The molecule has 1 amide bonds. The van der Waals surface area contributed by atoms with Crippen LogP contribution in [0, 0.1) is 5.82 Å². The molecule has 2 aromatic carbocycles. The molecule has 0 fully saturated rings. The van der Waals surface area contributed by atoms with Crippen LogP contribution in [0.3, 0.4) is 0 Å². The van der Waals surface area contributed by atoms with Crippen molar-refractivity contribution in [3.8, 4) is 17.2 Å². The molecule has 0 spiro atoms. The van der Waals surface area contributed by atoms with Gasteiger partial charge in [0.25, 0.3) is 0 Å². The molecule has 1 atom stereocenters. The van der Waals surface area contributed by atoms with Crippen LogP contribution < -0.4 is 19.5 Å². The number of hydrogen-bond donors (Lipinski definition) is 2. The van der Waals surface area contributed by atoms with Crippen molar-refractivity contribution in [1.29, 1.82) is 0 Å². The largest absolute Gasteiger partial charge is 0.491 e. The number of ether oxygens (including phenoxy) is 3. The van der Waals surface area contributed by atoms with Gasteiger partial charge in [0, 0.05) is 12.6 Å². The van der Waals surface area contributed by atoms with E-state index in [1.54, 1.807) is 30.3 Å². The summed E-state index contributed by atoms with van der Waals surface area (Å²) in [5.74, 6) is 1.19. The molecule has 0 aliphatic carbocycles. The molecule has 0 saturated heterocycles. The highest BCUT2D eigenvalue weighted by Crippen LogP contribution is 2.35. The van der Waals surface area contributed by atoms with Gasteiger partial charge in [-0.1, -0.05) is 12.1 Å². The number of amides is 1. The van der Waals surface area contributed by atoms with Crippen molar-refractivity contribution >= 4 is 5.91 Å². The highest BCUT2D eigenvalue weighted by atomic mass is 19.1. The van der Waals surface area contributed by atoms with E-state index in [2.05, 4.69) is 5.32 Å². The summed E-state index contributed by atoms with van der Waals surface area (Å²) in [7, 11) is 0. The Kier molecular flexibility index (Phi) is 5.35. The van der Waals surface area contributed by atoms with Gasteiger partial charge in [-0.2, -0.15) is 0 Å². The second-order valence-corrected chi connectivity index (χ2v) is 5.59. The number of rotatable bonds is 7. The van der Waals surface area contributed by atoms with Crippen molar-refractivity contribution < 1.29 is 28.5 Å². The fourth-order valence-corrected chi connectivity index (χ4v) is 2.30. The number of fused-ring (bicyclic) bond motifs is 1. The normalized spacial score (nSPS) is 13.4. The molecule has 1 aliphatic rings. The zero-order valence-electron chi connectivity index (χ0n) is 13.4. The Labute approximate surface area is 144 Å². The average Bonchev–Trinajstić information content (AvgIpc) is 3.08. The number of aliphatic hydroxyl groups is 1. The van der Waals surface area contributed by atoms with Crippen LogP contribution in [0.4, 0.5) is 4.39 Å². The summed E-state index contributed by atoms with van der Waals surface area (Å²) in [5.41, 5.74) is 0.699. The zero-order chi connectivity index (χ0) is 17.6. The maximum atomic E-state index is 12.8. The average molecular weight is 347 g/mol. The van der Waals surface area contributed by atoms with Gasteiger partial charge in [0.2, 0.25) is 12.7 Å². The lowest BCUT2D eigenvalue weighted by atomic mass is 10.1. The van der Waals surface area contributed by atoms with Gasteiger partial charge in [-0.25, -0.2) is 4.39 Å². The molecule has 2 aromatic rings. The van der Waals surface area contributed by atoms with Gasteiger partial charge in [-0.15, -0.1) is 0 Å². The smallest absolute Gasteiger partial charge is 0.231 e. The van der Waals surface area contributed by atoms with Gasteiger partial charge in [0.1, 0.15) is 24.3 Å². The van der Waals surface area contributed by atoms with Crippen LogP contribution in [-0.2, 0) is 11.2 Å². The number of carbonyl (C=O) groups is 1. The summed E-state index contributed by atoms with van der Waals surface area (Å²) >= 11 is 0. The molecule has 0 radical (unpaired) electrons. The second kappa shape index (κ2) is 7.85. The van der Waals surface area contributed by atoms with E-state index in [-0.39, 0.29) is 38.1 Å². The summed E-state index contributed by atoms with van der Waals surface area (Å²) in [6.07, 6.45) is -0.738. The van der Waals surface area contributed by atoms with E-state index in [1.165, 1.54) is 12.1 Å². The summed E-state index contributed by atoms with van der Waals surface area (Å²) in [4.78, 5) is 11.8. The summed E-state index contributed by atoms with van der Waals surface area (Å²) in [6, 6.07) is 10.8. The molecule has 25 heavy (non-hydrogen) atoms. The van der Waals surface area contributed by atoms with Crippen molar-refractivity contribution in [2.45, 2.75) is 12.5 Å². The first-order valence-electron chi connectivity index (χ1n) is 7.82. The van der Waals surface area contributed by atoms with Gasteiger partial charge >= 0.3 is 0 Å². The topological polar surface area (TPSA) is 77.0 Å². The van der Waals surface area contributed by atoms with E-state index in [9.17, 15) is 14.3 Å². The third-order valence-electron chi connectivity index (χ3n) is 3.60. The van der Waals surface area contributed by atoms with Gasteiger partial charge in [0.15, 0.2) is 11.5 Å². The molecule has 0 saturated carbocycles. The minimum absolute atomic E-state index is 0.0243. The predicted molar refractivity (Wildman–Crippen MR) is 87.2 cm³/mol. The first-order chi connectivity index (χ1) is 12.1. The summed E-state index contributed by atoms with van der Waals surface area (Å²) in [6.45, 7) is 0.266. The molecule has 7 heteroatoms. The molecule has 3 rings (SSSR count). The Morgan fingerprint density at radius 2 is 1.96 bits per heavy atom. The second-order valence-electron chi connectivity index (χ2n) is 5.59. The number of hydrogen-bond acceptors (Lipinski definition) is 5. The lowest BCUT2D eigenvalue weighted by molar-refractivity contribution is -0.121. The third kappa shape index (κ3) is 4.84. The third-order valence-corrected chi connectivity index (χ3v) is 3.60. The minimum atomic E-state index is -0.859. The maximum Gasteiger partial charge on any atom is 0.231 e. The molecule has 6 nitrogen and oxygen atoms in total. The highest BCUT2D eigenvalue weighted by Gasteiger charge is 2.14. The van der Waals surface area contributed by atoms with Gasteiger partial charge in [0.05, 0.1) is 6.42 Å². The fourth-order valence-electron chi connectivity index (χ4n) is 2.30. The Bertz CT molecular complexity index is 735. The van der Waals surface area contributed by atoms with E-state index < -0.39 is 6.10 Å². The molecule has 0 bridgehead atoms. The predicted octanol–water partition coefficient (Wildman–Crippen LogP) is 1.65. The molecule has 1 heterocycles. The van der Waals surface area contributed by atoms with E-state index in [0.717, 1.165) is 0 Å². The maximum absolute atomic E-state index is 12.8. The lowest BCUT2D eigenvalue weighted by Crippen LogP contribution is -2.36. The Morgan fingerprint density at radius 1 is 1.20 bits per heavy atom. The summed E-state index contributed by atoms with van der Waals surface area (Å²) < 4.78 is 28.7. The first kappa shape index (κ1) is 17.0. The Balaban J connectivity index is 1.39. The van der Waals surface area contributed by atoms with E-state index in [4.69, 9.17) is 14.2 Å². The molecular formula is C18H18FNO5. The molecule has 0 aromatic heterocycles. The van der Waals surface area contributed by atoms with Gasteiger partial charge in [-0.3, -0.25) is 4.79 Å². The molecular weight excluding hydrogens is 329 g/mol. The summed E-state index contributed by atoms with van der Waals surface area (Å²) in [5, 5.41) is 12.5. The van der Waals surface area contributed by atoms with Gasteiger partial charge in [-0.05, 0) is 29.8 Å². The van der Waals surface area contributed by atoms with E-state index in [1.807, 2.05) is 0 Å². The van der Waals surface area contributed by atoms with Crippen LogP contribution in [0.25, 0.3) is 0 Å². The fraction of sp³-hybridized carbons (Fsp3) is 0.278. The van der Waals surface area contributed by atoms with Crippen LogP contribution in [0.5, 0.6) is 17.2 Å².